The number of nitrogens with zero attached hydrogens (tertiary/aromatic N) is 1. The number of aromatic nitrogens is 1. The van der Waals surface area contributed by atoms with Gasteiger partial charge in [0, 0.05) is 18.1 Å². The van der Waals surface area contributed by atoms with Gasteiger partial charge >= 0.3 is 0 Å². The van der Waals surface area contributed by atoms with Crippen LogP contribution in [0.3, 0.4) is 0 Å². The molecule has 2 rings (SSSR count). The van der Waals surface area contributed by atoms with Crippen molar-refractivity contribution in [2.45, 2.75) is 13.5 Å². The van der Waals surface area contributed by atoms with Crippen molar-refractivity contribution >= 4 is 28.6 Å². The summed E-state index contributed by atoms with van der Waals surface area (Å²) in [5, 5.41) is 6.63. The lowest BCUT2D eigenvalue weighted by Crippen LogP contribution is -2.15. The van der Waals surface area contributed by atoms with Crippen LogP contribution in [0.15, 0.2) is 29.1 Å². The zero-order valence-electron chi connectivity index (χ0n) is 8.93. The Kier molecular flexibility index (Phi) is 2.96. The molecule has 0 radical (unpaired) electrons. The highest BCUT2D eigenvalue weighted by Gasteiger charge is 2.12. The molecular weight excluding hydrogens is 222 g/mol. The summed E-state index contributed by atoms with van der Waals surface area (Å²) in [6, 6.07) is 3.55. The molecule has 2 heterocycles. The molecule has 0 saturated heterocycles. The number of aryl methyl sites for hydroxylation is 1. The number of carbonyl (C=O) groups excluding carboxylic acids is 1. The molecule has 2 aromatic rings. The summed E-state index contributed by atoms with van der Waals surface area (Å²) in [6.45, 7) is 2.70. The minimum atomic E-state index is -0.128. The van der Waals surface area contributed by atoms with Gasteiger partial charge in [0.25, 0.3) is 5.91 Å². The highest BCUT2D eigenvalue weighted by Crippen LogP contribution is 2.15. The smallest absolute Gasteiger partial charge is 0.272 e. The normalized spacial score (nSPS) is 10.3. The summed E-state index contributed by atoms with van der Waals surface area (Å²) in [5.41, 5.74) is 7.68. The molecule has 3 N–H and O–H groups in total. The fraction of sp³-hybridized carbons (Fsp3) is 0.182. The number of hydrogen-bond donors (Lipinski definition) is 2. The Balaban J connectivity index is 2.20. The molecule has 0 spiro atoms. The van der Waals surface area contributed by atoms with Crippen LogP contribution >= 0.6 is 11.3 Å². The van der Waals surface area contributed by atoms with Crippen molar-refractivity contribution in [3.63, 3.8) is 0 Å². The van der Waals surface area contributed by atoms with Crippen LogP contribution < -0.4 is 11.1 Å². The van der Waals surface area contributed by atoms with E-state index in [0.29, 0.717) is 11.4 Å². The predicted molar refractivity (Wildman–Crippen MR) is 66.8 cm³/mol. The average Bonchev–Trinajstić information content (AvgIpc) is 2.86. The number of anilines is 2. The van der Waals surface area contributed by atoms with Gasteiger partial charge in [0.15, 0.2) is 0 Å². The van der Waals surface area contributed by atoms with E-state index in [4.69, 9.17) is 5.73 Å². The molecule has 0 fully saturated rings. The van der Waals surface area contributed by atoms with E-state index in [1.54, 1.807) is 23.6 Å². The fourth-order valence-corrected chi connectivity index (χ4v) is 2.10. The minimum absolute atomic E-state index is 0.128. The lowest BCUT2D eigenvalue weighted by Gasteiger charge is -2.05. The third-order valence-corrected chi connectivity index (χ3v) is 2.95. The molecular formula is C11H13N3OS. The highest BCUT2D eigenvalue weighted by atomic mass is 32.1. The van der Waals surface area contributed by atoms with E-state index >= 15 is 0 Å². The Morgan fingerprint density at radius 1 is 1.62 bits per heavy atom. The first-order chi connectivity index (χ1) is 7.70. The van der Waals surface area contributed by atoms with Crippen LogP contribution in [0.5, 0.6) is 0 Å². The van der Waals surface area contributed by atoms with Crippen LogP contribution in [0.4, 0.5) is 11.4 Å². The topological polar surface area (TPSA) is 60.0 Å². The van der Waals surface area contributed by atoms with E-state index in [9.17, 15) is 4.79 Å². The molecule has 0 unspecified atom stereocenters. The summed E-state index contributed by atoms with van der Waals surface area (Å²) in [4.78, 5) is 11.9. The second-order valence-corrected chi connectivity index (χ2v) is 4.19. The second-order valence-electron chi connectivity index (χ2n) is 3.41. The fourth-order valence-electron chi connectivity index (χ4n) is 1.52. The van der Waals surface area contributed by atoms with Crippen LogP contribution in [0, 0.1) is 0 Å². The summed E-state index contributed by atoms with van der Waals surface area (Å²) in [5.74, 6) is -0.128. The van der Waals surface area contributed by atoms with Crippen LogP contribution in [-0.4, -0.2) is 10.5 Å². The summed E-state index contributed by atoms with van der Waals surface area (Å²) >= 11 is 1.55. The number of nitrogen functional groups attached to an aromatic ring is 1. The third kappa shape index (κ3) is 2.09. The van der Waals surface area contributed by atoms with E-state index in [0.717, 1.165) is 12.2 Å². The first kappa shape index (κ1) is 10.8. The van der Waals surface area contributed by atoms with E-state index in [1.807, 2.05) is 28.3 Å². The molecule has 0 atom stereocenters. The molecule has 0 aliphatic rings. The minimum Gasteiger partial charge on any atom is -0.397 e. The van der Waals surface area contributed by atoms with E-state index < -0.39 is 0 Å². The lowest BCUT2D eigenvalue weighted by molar-refractivity contribution is 0.101. The zero-order chi connectivity index (χ0) is 11.5. The van der Waals surface area contributed by atoms with Gasteiger partial charge in [-0.1, -0.05) is 0 Å². The number of carbonyl (C=O) groups is 1. The van der Waals surface area contributed by atoms with Crippen LogP contribution in [0.1, 0.15) is 17.4 Å². The number of nitrogens with two attached hydrogens (primary N) is 1. The lowest BCUT2D eigenvalue weighted by atomic mass is 10.3. The molecule has 0 aliphatic heterocycles. The van der Waals surface area contributed by atoms with E-state index in [2.05, 4.69) is 5.32 Å². The molecule has 0 aliphatic carbocycles. The molecule has 1 amide bonds. The van der Waals surface area contributed by atoms with Crippen molar-refractivity contribution in [2.75, 3.05) is 11.1 Å². The Bertz CT molecular complexity index is 487. The number of amides is 1. The van der Waals surface area contributed by atoms with Crippen molar-refractivity contribution < 1.29 is 4.79 Å². The molecule has 0 saturated carbocycles. The molecule has 84 valence electrons. The number of hydrogen-bond acceptors (Lipinski definition) is 3. The predicted octanol–water partition coefficient (Wildman–Crippen LogP) is 2.40. The van der Waals surface area contributed by atoms with Crippen LogP contribution in [0.2, 0.25) is 0 Å². The Morgan fingerprint density at radius 3 is 3.06 bits per heavy atom. The van der Waals surface area contributed by atoms with Crippen molar-refractivity contribution in [2.24, 2.45) is 0 Å². The summed E-state index contributed by atoms with van der Waals surface area (Å²) < 4.78 is 1.83. The number of nitrogens with one attached hydrogen (secondary N) is 1. The maximum absolute atomic E-state index is 11.9. The van der Waals surface area contributed by atoms with Gasteiger partial charge in [-0.2, -0.15) is 11.3 Å². The van der Waals surface area contributed by atoms with Gasteiger partial charge in [0.2, 0.25) is 0 Å². The monoisotopic (exact) mass is 235 g/mol. The average molecular weight is 235 g/mol. The quantitative estimate of drug-likeness (QED) is 0.858. The van der Waals surface area contributed by atoms with Gasteiger partial charge in [-0.25, -0.2) is 0 Å². The zero-order valence-corrected chi connectivity index (χ0v) is 9.75. The van der Waals surface area contributed by atoms with Gasteiger partial charge in [-0.05, 0) is 24.4 Å². The van der Waals surface area contributed by atoms with Gasteiger partial charge in [-0.15, -0.1) is 0 Å². The Hall–Kier alpha value is -1.75. The third-order valence-electron chi connectivity index (χ3n) is 2.27. The van der Waals surface area contributed by atoms with Gasteiger partial charge in [0.1, 0.15) is 5.69 Å². The van der Waals surface area contributed by atoms with Crippen LogP contribution in [0.25, 0.3) is 0 Å². The molecule has 5 heteroatoms. The van der Waals surface area contributed by atoms with Crippen molar-refractivity contribution in [1.82, 2.24) is 4.57 Å². The number of rotatable bonds is 3. The first-order valence-electron chi connectivity index (χ1n) is 5.00. The Morgan fingerprint density at radius 2 is 2.44 bits per heavy atom. The van der Waals surface area contributed by atoms with Crippen molar-refractivity contribution in [1.29, 1.82) is 0 Å². The Labute approximate surface area is 97.7 Å². The van der Waals surface area contributed by atoms with E-state index in [-0.39, 0.29) is 5.91 Å². The second kappa shape index (κ2) is 4.40. The molecule has 16 heavy (non-hydrogen) atoms. The van der Waals surface area contributed by atoms with Gasteiger partial charge in [-0.3, -0.25) is 4.79 Å². The molecule has 0 bridgehead atoms. The summed E-state index contributed by atoms with van der Waals surface area (Å²) in [7, 11) is 0. The van der Waals surface area contributed by atoms with Crippen LogP contribution in [-0.2, 0) is 6.54 Å². The summed E-state index contributed by atoms with van der Waals surface area (Å²) in [6.07, 6.45) is 1.77. The largest absolute Gasteiger partial charge is 0.397 e. The maximum Gasteiger partial charge on any atom is 0.272 e. The van der Waals surface area contributed by atoms with E-state index in [1.165, 1.54) is 0 Å². The van der Waals surface area contributed by atoms with Crippen molar-refractivity contribution in [3.8, 4) is 0 Å². The standard InChI is InChI=1S/C11H13N3OS/c1-2-14-6-8(12)5-10(14)11(15)13-9-3-4-16-7-9/h3-7H,2,12H2,1H3,(H,13,15). The molecule has 2 aromatic heterocycles. The first-order valence-corrected chi connectivity index (χ1v) is 5.94. The van der Waals surface area contributed by atoms with Crippen molar-refractivity contribution in [3.05, 3.63) is 34.8 Å². The maximum atomic E-state index is 11.9. The number of thiophene rings is 1. The van der Waals surface area contributed by atoms with Gasteiger partial charge in [0.05, 0.1) is 11.4 Å². The molecule has 4 nitrogen and oxygen atoms in total. The highest BCUT2D eigenvalue weighted by molar-refractivity contribution is 7.08. The molecule has 0 aromatic carbocycles. The SMILES string of the molecule is CCn1cc(N)cc1C(=O)Nc1ccsc1. The van der Waals surface area contributed by atoms with Gasteiger partial charge < -0.3 is 15.6 Å².